The van der Waals surface area contributed by atoms with E-state index in [1.807, 2.05) is 12.1 Å². The van der Waals surface area contributed by atoms with Crippen molar-refractivity contribution < 1.29 is 14.3 Å². The van der Waals surface area contributed by atoms with Crippen molar-refractivity contribution in [2.75, 3.05) is 6.61 Å². The number of carbonyl (C=O) groups excluding carboxylic acids is 2. The Kier molecular flexibility index (Phi) is 5.46. The predicted octanol–water partition coefficient (Wildman–Crippen LogP) is 4.48. The fourth-order valence-corrected chi connectivity index (χ4v) is 3.61. The van der Waals surface area contributed by atoms with Crippen LogP contribution in [-0.2, 0) is 22.4 Å². The average Bonchev–Trinajstić information content (AvgIpc) is 2.98. The second-order valence-corrected chi connectivity index (χ2v) is 7.08. The summed E-state index contributed by atoms with van der Waals surface area (Å²) in [5.41, 5.74) is 2.21. The van der Waals surface area contributed by atoms with Gasteiger partial charge in [0.15, 0.2) is 0 Å². The molecule has 0 radical (unpaired) electrons. The molecule has 0 amide bonds. The maximum atomic E-state index is 12.3. The molecule has 0 spiro atoms. The number of fused-ring (bicyclic) bond motifs is 1. The molecule has 128 valence electrons. The van der Waals surface area contributed by atoms with Crippen LogP contribution in [0.25, 0.3) is 10.2 Å². The summed E-state index contributed by atoms with van der Waals surface area (Å²) >= 11 is 7.28. The molecule has 25 heavy (non-hydrogen) atoms. The Morgan fingerprint density at radius 1 is 1.12 bits per heavy atom. The smallest absolute Gasteiger partial charge is 0.338 e. The zero-order chi connectivity index (χ0) is 17.8. The number of halogens is 1. The summed E-state index contributed by atoms with van der Waals surface area (Å²) in [4.78, 5) is 28.5. The molecule has 0 unspecified atom stereocenters. The molecule has 0 fully saturated rings. The molecule has 0 aliphatic carbocycles. The first kappa shape index (κ1) is 17.6. The summed E-state index contributed by atoms with van der Waals surface area (Å²) in [5, 5.41) is 1.40. The van der Waals surface area contributed by atoms with E-state index in [-0.39, 0.29) is 18.2 Å². The van der Waals surface area contributed by atoms with Gasteiger partial charge in [0.05, 0.1) is 28.8 Å². The first-order chi connectivity index (χ1) is 12.0. The number of aromatic nitrogens is 1. The van der Waals surface area contributed by atoms with Gasteiger partial charge in [0.25, 0.3) is 0 Å². The number of ketones is 1. The van der Waals surface area contributed by atoms with Crippen LogP contribution in [0.3, 0.4) is 0 Å². The molecule has 1 aromatic heterocycles. The lowest BCUT2D eigenvalue weighted by Crippen LogP contribution is -2.06. The van der Waals surface area contributed by atoms with E-state index < -0.39 is 0 Å². The molecule has 0 bridgehead atoms. The minimum Gasteiger partial charge on any atom is -0.462 e. The van der Waals surface area contributed by atoms with Crippen molar-refractivity contribution >= 4 is 44.9 Å². The van der Waals surface area contributed by atoms with Crippen molar-refractivity contribution in [1.29, 1.82) is 0 Å². The predicted molar refractivity (Wildman–Crippen MR) is 99.4 cm³/mol. The maximum Gasteiger partial charge on any atom is 0.338 e. The average molecular weight is 374 g/mol. The van der Waals surface area contributed by atoms with Gasteiger partial charge in [-0.1, -0.05) is 23.7 Å². The third-order valence-corrected chi connectivity index (χ3v) is 4.88. The fraction of sp³-hybridized carbons (Fsp3) is 0.211. The first-order valence-electron chi connectivity index (χ1n) is 7.88. The molecule has 3 aromatic rings. The van der Waals surface area contributed by atoms with Crippen LogP contribution in [0.1, 0.15) is 27.9 Å². The van der Waals surface area contributed by atoms with Crippen molar-refractivity contribution in [1.82, 2.24) is 4.98 Å². The van der Waals surface area contributed by atoms with E-state index in [2.05, 4.69) is 4.98 Å². The summed E-state index contributed by atoms with van der Waals surface area (Å²) in [6.07, 6.45) is 0.623. The number of hydrogen-bond donors (Lipinski definition) is 0. The topological polar surface area (TPSA) is 56.3 Å². The van der Waals surface area contributed by atoms with Crippen molar-refractivity contribution in [2.24, 2.45) is 0 Å². The van der Waals surface area contributed by atoms with Gasteiger partial charge in [0, 0.05) is 11.4 Å². The molecule has 0 aliphatic rings. The number of rotatable bonds is 6. The van der Waals surface area contributed by atoms with Crippen LogP contribution in [0.2, 0.25) is 5.02 Å². The summed E-state index contributed by atoms with van der Waals surface area (Å²) in [6.45, 7) is 2.11. The van der Waals surface area contributed by atoms with Gasteiger partial charge in [-0.2, -0.15) is 0 Å². The van der Waals surface area contributed by atoms with Crippen LogP contribution in [-0.4, -0.2) is 23.3 Å². The summed E-state index contributed by atoms with van der Waals surface area (Å²) in [5.74, 6) is -0.259. The van der Waals surface area contributed by atoms with E-state index in [9.17, 15) is 9.59 Å². The quantitative estimate of drug-likeness (QED) is 0.598. The summed E-state index contributed by atoms with van der Waals surface area (Å²) < 4.78 is 5.88. The van der Waals surface area contributed by atoms with Gasteiger partial charge in [-0.25, -0.2) is 9.78 Å². The number of carbonyl (C=O) groups is 2. The molecule has 0 saturated carbocycles. The fourth-order valence-electron chi connectivity index (χ4n) is 2.45. The first-order valence-corrected chi connectivity index (χ1v) is 9.07. The summed E-state index contributed by atoms with van der Waals surface area (Å²) in [7, 11) is 0. The van der Waals surface area contributed by atoms with Gasteiger partial charge < -0.3 is 4.74 Å². The van der Waals surface area contributed by atoms with Crippen molar-refractivity contribution in [3.05, 3.63) is 63.6 Å². The standard InChI is InChI=1S/C19H16ClNO3S/c1-2-24-19(23)13-5-8-16-17(10-13)25-18(21-16)11-15(22)9-12-3-6-14(20)7-4-12/h3-8,10H,2,9,11H2,1H3. The van der Waals surface area contributed by atoms with Crippen LogP contribution >= 0.6 is 22.9 Å². The molecule has 2 aromatic carbocycles. The van der Waals surface area contributed by atoms with E-state index in [0.29, 0.717) is 23.6 Å². The molecule has 4 nitrogen and oxygen atoms in total. The van der Waals surface area contributed by atoms with E-state index >= 15 is 0 Å². The largest absolute Gasteiger partial charge is 0.462 e. The lowest BCUT2D eigenvalue weighted by atomic mass is 10.1. The third kappa shape index (κ3) is 4.44. The number of esters is 1. The van der Waals surface area contributed by atoms with Gasteiger partial charge >= 0.3 is 5.97 Å². The Balaban J connectivity index is 1.72. The molecular formula is C19H16ClNO3S. The second kappa shape index (κ2) is 7.76. The van der Waals surface area contributed by atoms with Crippen molar-refractivity contribution in [3.63, 3.8) is 0 Å². The van der Waals surface area contributed by atoms with Crippen LogP contribution in [0.5, 0.6) is 0 Å². The zero-order valence-corrected chi connectivity index (χ0v) is 15.2. The van der Waals surface area contributed by atoms with E-state index in [4.69, 9.17) is 16.3 Å². The maximum absolute atomic E-state index is 12.3. The molecule has 0 aliphatic heterocycles. The molecule has 3 rings (SSSR count). The van der Waals surface area contributed by atoms with Gasteiger partial charge in [-0.15, -0.1) is 11.3 Å². The number of hydrogen-bond acceptors (Lipinski definition) is 5. The third-order valence-electron chi connectivity index (χ3n) is 3.61. The zero-order valence-electron chi connectivity index (χ0n) is 13.6. The molecular weight excluding hydrogens is 358 g/mol. The van der Waals surface area contributed by atoms with E-state index in [1.54, 1.807) is 37.3 Å². The normalized spacial score (nSPS) is 10.8. The van der Waals surface area contributed by atoms with Crippen LogP contribution in [0.4, 0.5) is 0 Å². The molecule has 0 saturated heterocycles. The molecule has 1 heterocycles. The Hall–Kier alpha value is -2.24. The highest BCUT2D eigenvalue weighted by Crippen LogP contribution is 2.24. The van der Waals surface area contributed by atoms with Crippen LogP contribution in [0, 0.1) is 0 Å². The minimum absolute atomic E-state index is 0.0898. The van der Waals surface area contributed by atoms with Gasteiger partial charge in [0.1, 0.15) is 10.8 Å². The van der Waals surface area contributed by atoms with Crippen LogP contribution in [0.15, 0.2) is 42.5 Å². The van der Waals surface area contributed by atoms with E-state index in [1.165, 1.54) is 11.3 Å². The Morgan fingerprint density at radius 3 is 2.60 bits per heavy atom. The van der Waals surface area contributed by atoms with Crippen molar-refractivity contribution in [2.45, 2.75) is 19.8 Å². The Labute approximate surface area is 154 Å². The number of Topliss-reactive ketones (excluding diaryl/α,β-unsaturated/α-hetero) is 1. The van der Waals surface area contributed by atoms with Gasteiger partial charge in [-0.05, 0) is 42.8 Å². The Bertz CT molecular complexity index is 918. The SMILES string of the molecule is CCOC(=O)c1ccc2nc(CC(=O)Cc3ccc(Cl)cc3)sc2c1. The van der Waals surface area contributed by atoms with E-state index in [0.717, 1.165) is 20.8 Å². The second-order valence-electron chi connectivity index (χ2n) is 5.53. The molecule has 0 N–H and O–H groups in total. The Morgan fingerprint density at radius 2 is 1.88 bits per heavy atom. The lowest BCUT2D eigenvalue weighted by molar-refractivity contribution is -0.117. The number of nitrogens with zero attached hydrogens (tertiary/aromatic N) is 1. The summed E-state index contributed by atoms with van der Waals surface area (Å²) in [6, 6.07) is 12.5. The number of benzene rings is 2. The van der Waals surface area contributed by atoms with Gasteiger partial charge in [-0.3, -0.25) is 4.79 Å². The highest BCUT2D eigenvalue weighted by Gasteiger charge is 2.13. The van der Waals surface area contributed by atoms with Crippen LogP contribution < -0.4 is 0 Å². The minimum atomic E-state index is -0.349. The van der Waals surface area contributed by atoms with Crippen molar-refractivity contribution in [3.8, 4) is 0 Å². The highest BCUT2D eigenvalue weighted by atomic mass is 35.5. The molecule has 0 atom stereocenters. The monoisotopic (exact) mass is 373 g/mol. The number of thiazole rings is 1. The number of ether oxygens (including phenoxy) is 1. The molecule has 6 heteroatoms. The van der Waals surface area contributed by atoms with Gasteiger partial charge in [0.2, 0.25) is 0 Å². The lowest BCUT2D eigenvalue weighted by Gasteiger charge is -2.00. The highest BCUT2D eigenvalue weighted by molar-refractivity contribution is 7.18.